The molecule has 0 N–H and O–H groups in total. The van der Waals surface area contributed by atoms with E-state index in [4.69, 9.17) is 4.42 Å². The molecule has 0 aliphatic rings. The molecular weight excluding hydrogens is 306 g/mol. The van der Waals surface area contributed by atoms with Gasteiger partial charge in [-0.2, -0.15) is 0 Å². The topological polar surface area (TPSA) is 60.9 Å². The summed E-state index contributed by atoms with van der Waals surface area (Å²) in [6, 6.07) is 5.72. The maximum atomic E-state index is 12.3. The zero-order chi connectivity index (χ0) is 14.2. The van der Waals surface area contributed by atoms with Crippen LogP contribution in [-0.2, 0) is 6.54 Å². The van der Waals surface area contributed by atoms with Crippen molar-refractivity contribution in [3.8, 4) is 10.6 Å². The number of oxazole rings is 1. The Hall–Kier alpha value is -2.25. The van der Waals surface area contributed by atoms with E-state index >= 15 is 0 Å². The summed E-state index contributed by atoms with van der Waals surface area (Å²) >= 11 is 3.05. The van der Waals surface area contributed by atoms with Gasteiger partial charge in [0, 0.05) is 0 Å². The second-order valence-electron chi connectivity index (χ2n) is 4.41. The number of thiophene rings is 2. The van der Waals surface area contributed by atoms with E-state index in [0.29, 0.717) is 11.3 Å². The highest BCUT2D eigenvalue weighted by molar-refractivity contribution is 7.16. The predicted molar refractivity (Wildman–Crippen MR) is 82.8 cm³/mol. The lowest BCUT2D eigenvalue weighted by Crippen LogP contribution is -2.20. The molecule has 0 fully saturated rings. The number of rotatable bonds is 3. The summed E-state index contributed by atoms with van der Waals surface area (Å²) in [7, 11) is 0. The van der Waals surface area contributed by atoms with Gasteiger partial charge in [0.1, 0.15) is 11.4 Å². The predicted octanol–water partition coefficient (Wildman–Crippen LogP) is 3.22. The Balaban J connectivity index is 1.68. The Kier molecular flexibility index (Phi) is 2.94. The summed E-state index contributed by atoms with van der Waals surface area (Å²) < 4.78 is 7.21. The molecule has 0 radical (unpaired) electrons. The van der Waals surface area contributed by atoms with Crippen molar-refractivity contribution in [2.75, 3.05) is 0 Å². The highest BCUT2D eigenvalue weighted by Gasteiger charge is 2.10. The molecule has 0 aliphatic carbocycles. The molecule has 0 aliphatic heterocycles. The molecule has 21 heavy (non-hydrogen) atoms. The van der Waals surface area contributed by atoms with Gasteiger partial charge >= 0.3 is 0 Å². The second kappa shape index (κ2) is 4.94. The molecule has 4 aromatic heterocycles. The molecule has 0 spiro atoms. The molecule has 0 unspecified atom stereocenters. The van der Waals surface area contributed by atoms with Gasteiger partial charge in [-0.15, -0.1) is 22.7 Å². The largest absolute Gasteiger partial charge is 0.438 e. The fourth-order valence-corrected chi connectivity index (χ4v) is 3.46. The molecule has 5 nitrogen and oxygen atoms in total. The Labute approximate surface area is 127 Å². The number of aromatic nitrogens is 3. The van der Waals surface area contributed by atoms with E-state index in [9.17, 15) is 4.79 Å². The highest BCUT2D eigenvalue weighted by atomic mass is 32.1. The summed E-state index contributed by atoms with van der Waals surface area (Å²) in [5.41, 5.74) is -0.0721. The van der Waals surface area contributed by atoms with E-state index in [1.54, 1.807) is 23.6 Å². The molecule has 0 bridgehead atoms. The minimum Gasteiger partial charge on any atom is -0.438 e. The molecule has 0 amide bonds. The van der Waals surface area contributed by atoms with Crippen LogP contribution in [0.3, 0.4) is 0 Å². The van der Waals surface area contributed by atoms with E-state index in [1.807, 2.05) is 22.9 Å². The van der Waals surface area contributed by atoms with Crippen LogP contribution in [0.25, 0.3) is 20.9 Å². The quantitative estimate of drug-likeness (QED) is 0.582. The van der Waals surface area contributed by atoms with Crippen molar-refractivity contribution in [1.29, 1.82) is 0 Å². The van der Waals surface area contributed by atoms with Gasteiger partial charge in [0.25, 0.3) is 5.56 Å². The lowest BCUT2D eigenvalue weighted by Gasteiger charge is -2.01. The molecule has 7 heteroatoms. The van der Waals surface area contributed by atoms with Crippen LogP contribution in [0.1, 0.15) is 5.89 Å². The van der Waals surface area contributed by atoms with Gasteiger partial charge in [-0.3, -0.25) is 9.36 Å². The van der Waals surface area contributed by atoms with Crippen molar-refractivity contribution in [2.45, 2.75) is 6.54 Å². The summed E-state index contributed by atoms with van der Waals surface area (Å²) in [6.07, 6.45) is 3.22. The molecule has 104 valence electrons. The molecule has 0 saturated heterocycles. The lowest BCUT2D eigenvalue weighted by molar-refractivity contribution is 0.485. The lowest BCUT2D eigenvalue weighted by atomic mass is 10.4. The number of hydrogen-bond donors (Lipinski definition) is 0. The van der Waals surface area contributed by atoms with Crippen LogP contribution < -0.4 is 5.56 Å². The van der Waals surface area contributed by atoms with Crippen LogP contribution in [0.15, 0.2) is 50.7 Å². The molecule has 4 heterocycles. The Morgan fingerprint density at radius 2 is 2.14 bits per heavy atom. The molecule has 0 atom stereocenters. The fourth-order valence-electron chi connectivity index (χ4n) is 2.07. The van der Waals surface area contributed by atoms with Gasteiger partial charge in [0.05, 0.1) is 22.8 Å². The maximum Gasteiger partial charge on any atom is 0.262 e. The summed E-state index contributed by atoms with van der Waals surface area (Å²) in [4.78, 5) is 22.6. The highest BCUT2D eigenvalue weighted by Crippen LogP contribution is 2.25. The van der Waals surface area contributed by atoms with Crippen LogP contribution in [0, 0.1) is 0 Å². The number of fused-ring (bicyclic) bond motifs is 1. The average molecular weight is 315 g/mol. The van der Waals surface area contributed by atoms with Crippen LogP contribution in [0.5, 0.6) is 0 Å². The number of nitrogens with zero attached hydrogens (tertiary/aromatic N) is 3. The average Bonchev–Trinajstić information content (AvgIpc) is 3.21. The van der Waals surface area contributed by atoms with Crippen molar-refractivity contribution >= 4 is 32.9 Å². The standard InChI is InChI=1S/C14H9N3O2S2/c18-14-9-3-5-21-13(9)16-8-17(14)7-12-15-6-10(19-12)11-2-1-4-20-11/h1-6,8H,7H2. The van der Waals surface area contributed by atoms with E-state index in [-0.39, 0.29) is 12.1 Å². The van der Waals surface area contributed by atoms with Crippen LogP contribution in [-0.4, -0.2) is 14.5 Å². The zero-order valence-corrected chi connectivity index (χ0v) is 12.4. The van der Waals surface area contributed by atoms with Gasteiger partial charge in [0.15, 0.2) is 5.76 Å². The smallest absolute Gasteiger partial charge is 0.262 e. The first kappa shape index (κ1) is 12.5. The number of hydrogen-bond acceptors (Lipinski definition) is 6. The van der Waals surface area contributed by atoms with Crippen LogP contribution in [0.2, 0.25) is 0 Å². The Morgan fingerprint density at radius 3 is 3.00 bits per heavy atom. The van der Waals surface area contributed by atoms with Crippen molar-refractivity contribution < 1.29 is 4.42 Å². The third kappa shape index (κ3) is 2.20. The molecule has 4 aromatic rings. The summed E-state index contributed by atoms with van der Waals surface area (Å²) in [5, 5.41) is 4.48. The SMILES string of the molecule is O=c1c2ccsc2ncn1Cc1ncc(-c2cccs2)o1. The molecular formula is C14H9N3O2S2. The Morgan fingerprint density at radius 1 is 1.19 bits per heavy atom. The van der Waals surface area contributed by atoms with Crippen molar-refractivity contribution in [3.05, 3.63) is 57.7 Å². The molecule has 4 rings (SSSR count). The van der Waals surface area contributed by atoms with E-state index in [1.165, 1.54) is 22.2 Å². The van der Waals surface area contributed by atoms with Gasteiger partial charge in [-0.1, -0.05) is 6.07 Å². The second-order valence-corrected chi connectivity index (χ2v) is 6.25. The van der Waals surface area contributed by atoms with Crippen molar-refractivity contribution in [3.63, 3.8) is 0 Å². The zero-order valence-electron chi connectivity index (χ0n) is 10.7. The van der Waals surface area contributed by atoms with E-state index in [0.717, 1.165) is 15.5 Å². The first-order valence-corrected chi connectivity index (χ1v) is 7.98. The third-order valence-corrected chi connectivity index (χ3v) is 4.78. The minimum absolute atomic E-state index is 0.0721. The van der Waals surface area contributed by atoms with Gasteiger partial charge in [-0.05, 0) is 22.9 Å². The third-order valence-electron chi connectivity index (χ3n) is 3.07. The molecule has 0 saturated carbocycles. The van der Waals surface area contributed by atoms with Crippen LogP contribution in [0.4, 0.5) is 0 Å². The fraction of sp³-hybridized carbons (Fsp3) is 0.0714. The monoisotopic (exact) mass is 315 g/mol. The summed E-state index contributed by atoms with van der Waals surface area (Å²) in [5.74, 6) is 1.22. The normalized spacial score (nSPS) is 11.2. The van der Waals surface area contributed by atoms with Crippen molar-refractivity contribution in [2.24, 2.45) is 0 Å². The van der Waals surface area contributed by atoms with Gasteiger partial charge in [0.2, 0.25) is 5.89 Å². The first-order chi connectivity index (χ1) is 10.3. The molecule has 0 aromatic carbocycles. The summed E-state index contributed by atoms with van der Waals surface area (Å²) in [6.45, 7) is 0.281. The van der Waals surface area contributed by atoms with Gasteiger partial charge in [-0.25, -0.2) is 9.97 Å². The van der Waals surface area contributed by atoms with E-state index < -0.39 is 0 Å². The van der Waals surface area contributed by atoms with Crippen LogP contribution >= 0.6 is 22.7 Å². The first-order valence-electron chi connectivity index (χ1n) is 6.22. The van der Waals surface area contributed by atoms with Crippen molar-refractivity contribution in [1.82, 2.24) is 14.5 Å². The maximum absolute atomic E-state index is 12.3. The van der Waals surface area contributed by atoms with Gasteiger partial charge < -0.3 is 4.42 Å². The Bertz CT molecular complexity index is 950. The van der Waals surface area contributed by atoms with E-state index in [2.05, 4.69) is 9.97 Å². The minimum atomic E-state index is -0.0721.